The molecule has 3 aromatic carbocycles. The van der Waals surface area contributed by atoms with Gasteiger partial charge >= 0.3 is 0 Å². The van der Waals surface area contributed by atoms with Gasteiger partial charge in [-0.15, -0.1) is 0 Å². The van der Waals surface area contributed by atoms with Crippen molar-refractivity contribution in [3.05, 3.63) is 98.5 Å². The topological polar surface area (TPSA) is 86.8 Å². The molecular formula is C32H38Cl3N3O4S. The molecule has 0 fully saturated rings. The molecule has 0 saturated carbocycles. The molecule has 3 rings (SSSR count). The Hall–Kier alpha value is -2.78. The van der Waals surface area contributed by atoms with Gasteiger partial charge in [0.15, 0.2) is 0 Å². The van der Waals surface area contributed by atoms with Crippen LogP contribution in [0.1, 0.15) is 49.3 Å². The van der Waals surface area contributed by atoms with Crippen molar-refractivity contribution in [1.82, 2.24) is 10.2 Å². The van der Waals surface area contributed by atoms with E-state index in [9.17, 15) is 18.0 Å². The normalized spacial score (nSPS) is 12.0. The van der Waals surface area contributed by atoms with E-state index >= 15 is 0 Å². The predicted molar refractivity (Wildman–Crippen MR) is 176 cm³/mol. The zero-order valence-electron chi connectivity index (χ0n) is 24.7. The fourth-order valence-corrected chi connectivity index (χ4v) is 6.38. The summed E-state index contributed by atoms with van der Waals surface area (Å²) in [5.41, 5.74) is 2.75. The summed E-state index contributed by atoms with van der Waals surface area (Å²) >= 11 is 18.8. The highest BCUT2D eigenvalue weighted by Gasteiger charge is 2.31. The third-order valence-electron chi connectivity index (χ3n) is 7.05. The summed E-state index contributed by atoms with van der Waals surface area (Å²) in [6, 6.07) is 18.8. The molecule has 0 aliphatic heterocycles. The SMILES string of the molecule is CCCCNC(=O)[C@H](Cc1ccccc1)N(Cc1ccc(Cl)cc1Cl)C(=O)CCCN(c1cc(Cl)ccc1C)S(C)(=O)=O. The number of benzene rings is 3. The average Bonchev–Trinajstić information content (AvgIpc) is 2.95. The van der Waals surface area contributed by atoms with E-state index in [4.69, 9.17) is 34.8 Å². The van der Waals surface area contributed by atoms with E-state index in [2.05, 4.69) is 5.32 Å². The number of halogens is 3. The van der Waals surface area contributed by atoms with E-state index in [1.54, 1.807) is 48.2 Å². The second-order valence-corrected chi connectivity index (χ2v) is 13.7. The Morgan fingerprint density at radius 1 is 0.930 bits per heavy atom. The van der Waals surface area contributed by atoms with Crippen LogP contribution in [0.5, 0.6) is 0 Å². The quantitative estimate of drug-likeness (QED) is 0.176. The smallest absolute Gasteiger partial charge is 0.243 e. The van der Waals surface area contributed by atoms with Crippen LogP contribution in [0.2, 0.25) is 15.1 Å². The van der Waals surface area contributed by atoms with Gasteiger partial charge in [-0.1, -0.05) is 90.6 Å². The van der Waals surface area contributed by atoms with Crippen molar-refractivity contribution in [1.29, 1.82) is 0 Å². The molecule has 0 unspecified atom stereocenters. The van der Waals surface area contributed by atoms with Crippen LogP contribution in [0.3, 0.4) is 0 Å². The van der Waals surface area contributed by atoms with E-state index in [0.29, 0.717) is 39.3 Å². The maximum atomic E-state index is 14.0. The van der Waals surface area contributed by atoms with Crippen molar-refractivity contribution in [2.45, 2.75) is 58.5 Å². The average molecular weight is 667 g/mol. The van der Waals surface area contributed by atoms with E-state index in [1.807, 2.05) is 37.3 Å². The van der Waals surface area contributed by atoms with E-state index in [-0.39, 0.29) is 37.7 Å². The molecule has 0 aromatic heterocycles. The monoisotopic (exact) mass is 665 g/mol. The lowest BCUT2D eigenvalue weighted by atomic mass is 10.0. The first-order valence-corrected chi connectivity index (χ1v) is 17.2. The van der Waals surface area contributed by atoms with Crippen molar-refractivity contribution in [3.8, 4) is 0 Å². The van der Waals surface area contributed by atoms with Crippen molar-refractivity contribution >= 4 is 62.3 Å². The molecule has 1 N–H and O–H groups in total. The summed E-state index contributed by atoms with van der Waals surface area (Å²) in [7, 11) is -3.66. The Labute approximate surface area is 270 Å². The number of amides is 2. The molecule has 232 valence electrons. The second-order valence-electron chi connectivity index (χ2n) is 10.5. The summed E-state index contributed by atoms with van der Waals surface area (Å²) < 4.78 is 26.8. The van der Waals surface area contributed by atoms with Gasteiger partial charge < -0.3 is 10.2 Å². The predicted octanol–water partition coefficient (Wildman–Crippen LogP) is 7.06. The molecule has 0 radical (unpaired) electrons. The van der Waals surface area contributed by atoms with Gasteiger partial charge in [0.25, 0.3) is 0 Å². The minimum Gasteiger partial charge on any atom is -0.354 e. The van der Waals surface area contributed by atoms with Gasteiger partial charge in [0.1, 0.15) is 6.04 Å². The molecule has 0 heterocycles. The Kier molecular flexibility index (Phi) is 13.2. The number of hydrogen-bond donors (Lipinski definition) is 1. The minimum atomic E-state index is -3.66. The first-order chi connectivity index (χ1) is 20.4. The summed E-state index contributed by atoms with van der Waals surface area (Å²) in [5, 5.41) is 4.24. The third-order valence-corrected chi connectivity index (χ3v) is 9.05. The maximum absolute atomic E-state index is 14.0. The molecule has 1 atom stereocenters. The maximum Gasteiger partial charge on any atom is 0.243 e. The molecule has 0 spiro atoms. The van der Waals surface area contributed by atoms with Gasteiger partial charge in [-0.05, 0) is 60.7 Å². The number of carbonyl (C=O) groups is 2. The van der Waals surface area contributed by atoms with Crippen LogP contribution in [-0.2, 0) is 32.6 Å². The minimum absolute atomic E-state index is 0.00434. The molecular weight excluding hydrogens is 629 g/mol. The van der Waals surface area contributed by atoms with Gasteiger partial charge in [-0.25, -0.2) is 8.42 Å². The number of carbonyl (C=O) groups excluding carboxylic acids is 2. The summed E-state index contributed by atoms with van der Waals surface area (Å²) in [4.78, 5) is 29.1. The van der Waals surface area contributed by atoms with Crippen LogP contribution >= 0.6 is 34.8 Å². The van der Waals surface area contributed by atoms with Crippen molar-refractivity contribution < 1.29 is 18.0 Å². The molecule has 43 heavy (non-hydrogen) atoms. The van der Waals surface area contributed by atoms with Crippen LogP contribution in [0, 0.1) is 6.92 Å². The summed E-state index contributed by atoms with van der Waals surface area (Å²) in [6.07, 6.45) is 3.37. The van der Waals surface area contributed by atoms with Crippen LogP contribution < -0.4 is 9.62 Å². The highest BCUT2D eigenvalue weighted by Crippen LogP contribution is 2.28. The lowest BCUT2D eigenvalue weighted by Gasteiger charge is -2.32. The van der Waals surface area contributed by atoms with Crippen LogP contribution in [0.15, 0.2) is 66.7 Å². The highest BCUT2D eigenvalue weighted by atomic mass is 35.5. The van der Waals surface area contributed by atoms with E-state index in [1.165, 1.54) is 4.31 Å². The first kappa shape index (κ1) is 34.7. The molecule has 11 heteroatoms. The first-order valence-electron chi connectivity index (χ1n) is 14.2. The molecule has 7 nitrogen and oxygen atoms in total. The highest BCUT2D eigenvalue weighted by molar-refractivity contribution is 7.92. The number of anilines is 1. The fraction of sp³-hybridized carbons (Fsp3) is 0.375. The second kappa shape index (κ2) is 16.3. The lowest BCUT2D eigenvalue weighted by molar-refractivity contribution is -0.141. The van der Waals surface area contributed by atoms with Gasteiger partial charge in [0.2, 0.25) is 21.8 Å². The van der Waals surface area contributed by atoms with Crippen LogP contribution in [0.25, 0.3) is 0 Å². The van der Waals surface area contributed by atoms with Gasteiger partial charge in [-0.3, -0.25) is 13.9 Å². The van der Waals surface area contributed by atoms with Gasteiger partial charge in [0, 0.05) is 47.5 Å². The van der Waals surface area contributed by atoms with Crippen molar-refractivity contribution in [2.24, 2.45) is 0 Å². The number of sulfonamides is 1. The van der Waals surface area contributed by atoms with Gasteiger partial charge in [-0.2, -0.15) is 0 Å². The van der Waals surface area contributed by atoms with E-state index in [0.717, 1.165) is 30.2 Å². The number of nitrogens with one attached hydrogen (secondary N) is 1. The van der Waals surface area contributed by atoms with Crippen molar-refractivity contribution in [2.75, 3.05) is 23.7 Å². The Balaban J connectivity index is 1.92. The number of rotatable bonds is 15. The molecule has 0 aliphatic carbocycles. The Bertz CT molecular complexity index is 1500. The summed E-state index contributed by atoms with van der Waals surface area (Å²) in [5.74, 6) is -0.558. The number of unbranched alkanes of at least 4 members (excludes halogenated alkanes) is 1. The Morgan fingerprint density at radius 2 is 1.60 bits per heavy atom. The largest absolute Gasteiger partial charge is 0.354 e. The van der Waals surface area contributed by atoms with Gasteiger partial charge in [0.05, 0.1) is 11.9 Å². The number of hydrogen-bond acceptors (Lipinski definition) is 4. The molecule has 0 aliphatic rings. The number of aryl methyl sites for hydroxylation is 1. The number of nitrogens with zero attached hydrogens (tertiary/aromatic N) is 2. The van der Waals surface area contributed by atoms with Crippen molar-refractivity contribution in [3.63, 3.8) is 0 Å². The molecule has 2 amide bonds. The van der Waals surface area contributed by atoms with E-state index < -0.39 is 16.1 Å². The third kappa shape index (κ3) is 10.4. The molecule has 0 saturated heterocycles. The Morgan fingerprint density at radius 3 is 2.26 bits per heavy atom. The summed E-state index contributed by atoms with van der Waals surface area (Å²) in [6.45, 7) is 4.48. The zero-order chi connectivity index (χ0) is 31.6. The van der Waals surface area contributed by atoms with Crippen LogP contribution in [0.4, 0.5) is 5.69 Å². The van der Waals surface area contributed by atoms with Crippen LogP contribution in [-0.4, -0.2) is 50.5 Å². The fourth-order valence-electron chi connectivity index (χ4n) is 4.73. The zero-order valence-corrected chi connectivity index (χ0v) is 27.7. The standard InChI is InChI=1S/C32H38Cl3N3O4S/c1-4-5-17-36-32(40)30(19-24-10-7-6-8-11-24)37(22-25-14-16-26(33)20-28(25)35)31(39)12-9-18-38(43(3,41)42)29-21-27(34)15-13-23(29)2/h6-8,10-11,13-16,20-21,30H,4-5,9,12,17-19,22H2,1-3H3,(H,36,40)/t30-/m0/s1. The molecule has 3 aromatic rings. The molecule has 0 bridgehead atoms. The lowest BCUT2D eigenvalue weighted by Crippen LogP contribution is -2.50.